The predicted octanol–water partition coefficient (Wildman–Crippen LogP) is 5.69. The number of nitrogens with zero attached hydrogens (tertiary/aromatic N) is 3. The Hall–Kier alpha value is -3.32. The fourth-order valence-corrected chi connectivity index (χ4v) is 4.81. The standard InChI is InChI=1S/C22H16BrF4N5O2S/c1-9-14(23)8-29-32(9)10(2)20(34)31-17-16-13(11-3-5-12(24)6-4-11)7-15(22(25,26)27)30-21(16)35-18(17)19(28)33/h3-8,10H,1-2H3,(H2,28,33)(H,31,34). The van der Waals surface area contributed by atoms with Gasteiger partial charge in [-0.2, -0.15) is 18.3 Å². The van der Waals surface area contributed by atoms with E-state index in [0.29, 0.717) is 21.5 Å². The first kappa shape index (κ1) is 24.8. The highest BCUT2D eigenvalue weighted by Gasteiger charge is 2.35. The van der Waals surface area contributed by atoms with Gasteiger partial charge in [0, 0.05) is 5.39 Å². The van der Waals surface area contributed by atoms with Gasteiger partial charge in [0.15, 0.2) is 0 Å². The van der Waals surface area contributed by atoms with Gasteiger partial charge in [-0.15, -0.1) is 11.3 Å². The Balaban J connectivity index is 1.92. The minimum atomic E-state index is -4.79. The quantitative estimate of drug-likeness (QED) is 0.301. The van der Waals surface area contributed by atoms with Crippen molar-refractivity contribution in [3.63, 3.8) is 0 Å². The number of amides is 2. The Bertz CT molecular complexity index is 1460. The smallest absolute Gasteiger partial charge is 0.365 e. The third-order valence-corrected chi connectivity index (χ3v) is 7.19. The van der Waals surface area contributed by atoms with Gasteiger partial charge in [-0.05, 0) is 59.1 Å². The lowest BCUT2D eigenvalue weighted by Crippen LogP contribution is -2.26. The second-order valence-electron chi connectivity index (χ2n) is 7.60. The van der Waals surface area contributed by atoms with Gasteiger partial charge in [-0.3, -0.25) is 14.3 Å². The highest BCUT2D eigenvalue weighted by molar-refractivity contribution is 9.10. The van der Waals surface area contributed by atoms with E-state index in [-0.39, 0.29) is 31.9 Å². The molecule has 0 aliphatic heterocycles. The van der Waals surface area contributed by atoms with Crippen LogP contribution in [0.3, 0.4) is 0 Å². The van der Waals surface area contributed by atoms with Gasteiger partial charge in [0.25, 0.3) is 5.91 Å². The summed E-state index contributed by atoms with van der Waals surface area (Å²) in [5, 5.41) is 6.86. The highest BCUT2D eigenvalue weighted by atomic mass is 79.9. The number of rotatable bonds is 5. The zero-order valence-corrected chi connectivity index (χ0v) is 20.5. The third-order valence-electron chi connectivity index (χ3n) is 5.31. The van der Waals surface area contributed by atoms with Crippen LogP contribution in [0.25, 0.3) is 21.3 Å². The van der Waals surface area contributed by atoms with Gasteiger partial charge in [0.05, 0.1) is 22.1 Å². The molecule has 2 amide bonds. The summed E-state index contributed by atoms with van der Waals surface area (Å²) in [6, 6.07) is 4.73. The van der Waals surface area contributed by atoms with Crippen LogP contribution in [0.5, 0.6) is 0 Å². The molecular formula is C22H16BrF4N5O2S. The first-order valence-corrected chi connectivity index (χ1v) is 11.6. The first-order chi connectivity index (χ1) is 16.4. The second-order valence-corrected chi connectivity index (χ2v) is 9.45. The van der Waals surface area contributed by atoms with Crippen molar-refractivity contribution in [2.24, 2.45) is 5.73 Å². The maximum atomic E-state index is 13.6. The van der Waals surface area contributed by atoms with Crippen LogP contribution in [-0.2, 0) is 11.0 Å². The van der Waals surface area contributed by atoms with Crippen LogP contribution in [-0.4, -0.2) is 26.6 Å². The Morgan fingerprint density at radius 2 is 1.89 bits per heavy atom. The Morgan fingerprint density at radius 1 is 1.23 bits per heavy atom. The summed E-state index contributed by atoms with van der Waals surface area (Å²) in [5.41, 5.74) is 5.13. The lowest BCUT2D eigenvalue weighted by molar-refractivity contribution is -0.140. The van der Waals surface area contributed by atoms with E-state index < -0.39 is 35.5 Å². The van der Waals surface area contributed by atoms with Gasteiger partial charge in [-0.1, -0.05) is 12.1 Å². The highest BCUT2D eigenvalue weighted by Crippen LogP contribution is 2.44. The molecule has 0 saturated carbocycles. The van der Waals surface area contributed by atoms with Crippen LogP contribution in [0, 0.1) is 12.7 Å². The summed E-state index contributed by atoms with van der Waals surface area (Å²) < 4.78 is 56.4. The average Bonchev–Trinajstić information content (AvgIpc) is 3.32. The molecule has 7 nitrogen and oxygen atoms in total. The van der Waals surface area contributed by atoms with E-state index in [9.17, 15) is 27.2 Å². The zero-order chi connectivity index (χ0) is 25.7. The lowest BCUT2D eigenvalue weighted by Gasteiger charge is -2.16. The average molecular weight is 570 g/mol. The summed E-state index contributed by atoms with van der Waals surface area (Å²) in [6.45, 7) is 3.31. The molecule has 1 unspecified atom stereocenters. The van der Waals surface area contributed by atoms with Gasteiger partial charge < -0.3 is 11.1 Å². The Labute approximate surface area is 208 Å². The fourth-order valence-electron chi connectivity index (χ4n) is 3.52. The van der Waals surface area contributed by atoms with Crippen LogP contribution in [0.2, 0.25) is 0 Å². The van der Waals surface area contributed by atoms with Gasteiger partial charge >= 0.3 is 6.18 Å². The number of hydrogen-bond donors (Lipinski definition) is 2. The topological polar surface area (TPSA) is 103 Å². The summed E-state index contributed by atoms with van der Waals surface area (Å²) in [5.74, 6) is -2.12. The molecule has 0 aliphatic rings. The molecule has 4 aromatic rings. The second kappa shape index (κ2) is 9.04. The van der Waals surface area contributed by atoms with Crippen LogP contribution < -0.4 is 11.1 Å². The van der Waals surface area contributed by atoms with Crippen LogP contribution >= 0.6 is 27.3 Å². The van der Waals surface area contributed by atoms with Crippen LogP contribution in [0.15, 0.2) is 41.0 Å². The monoisotopic (exact) mass is 569 g/mol. The number of alkyl halides is 3. The molecular weight excluding hydrogens is 554 g/mol. The molecule has 4 rings (SSSR count). The van der Waals surface area contributed by atoms with E-state index in [1.54, 1.807) is 13.8 Å². The number of anilines is 1. The molecule has 0 bridgehead atoms. The van der Waals surface area contributed by atoms with E-state index >= 15 is 0 Å². The van der Waals surface area contributed by atoms with Gasteiger partial charge in [0.2, 0.25) is 5.91 Å². The molecule has 1 aromatic carbocycles. The predicted molar refractivity (Wildman–Crippen MR) is 127 cm³/mol. The number of fused-ring (bicyclic) bond motifs is 1. The number of hydrogen-bond acceptors (Lipinski definition) is 5. The number of pyridine rings is 1. The van der Waals surface area contributed by atoms with Gasteiger partial charge in [0.1, 0.15) is 27.3 Å². The maximum absolute atomic E-state index is 13.6. The fraction of sp³-hybridized carbons (Fsp3) is 0.182. The molecule has 13 heteroatoms. The molecule has 0 spiro atoms. The summed E-state index contributed by atoms with van der Waals surface area (Å²) in [7, 11) is 0. The number of halogens is 5. The number of carbonyl (C=O) groups excluding carboxylic acids is 2. The number of nitrogens with one attached hydrogen (secondary N) is 1. The van der Waals surface area contributed by atoms with Crippen molar-refractivity contribution in [3.8, 4) is 11.1 Å². The number of benzene rings is 1. The molecule has 0 radical (unpaired) electrons. The zero-order valence-electron chi connectivity index (χ0n) is 18.1. The van der Waals surface area contributed by atoms with E-state index in [1.807, 2.05) is 0 Å². The van der Waals surface area contributed by atoms with Crippen LogP contribution in [0.4, 0.5) is 23.2 Å². The largest absolute Gasteiger partial charge is 0.433 e. The molecule has 182 valence electrons. The molecule has 3 aromatic heterocycles. The molecule has 35 heavy (non-hydrogen) atoms. The van der Waals surface area contributed by atoms with Crippen molar-refractivity contribution in [2.45, 2.75) is 26.1 Å². The number of nitrogens with two attached hydrogens (primary N) is 1. The summed E-state index contributed by atoms with van der Waals surface area (Å²) in [4.78, 5) is 28.7. The molecule has 0 aliphatic carbocycles. The van der Waals surface area contributed by atoms with Crippen molar-refractivity contribution in [2.75, 3.05) is 5.32 Å². The molecule has 0 saturated heterocycles. The van der Waals surface area contributed by atoms with E-state index in [0.717, 1.165) is 18.2 Å². The minimum absolute atomic E-state index is 0.00652. The number of carbonyl (C=O) groups is 2. The van der Waals surface area contributed by atoms with Crippen molar-refractivity contribution in [1.29, 1.82) is 0 Å². The molecule has 3 heterocycles. The SMILES string of the molecule is Cc1c(Br)cnn1C(C)C(=O)Nc1c(C(N)=O)sc2nc(C(F)(F)F)cc(-c3ccc(F)cc3)c12. The molecule has 0 fully saturated rings. The van der Waals surface area contributed by atoms with Crippen molar-refractivity contribution in [3.05, 3.63) is 63.1 Å². The first-order valence-electron chi connectivity index (χ1n) is 9.99. The molecule has 3 N–H and O–H groups in total. The summed E-state index contributed by atoms with van der Waals surface area (Å²) >= 11 is 3.95. The maximum Gasteiger partial charge on any atom is 0.433 e. The van der Waals surface area contributed by atoms with E-state index in [4.69, 9.17) is 5.73 Å². The van der Waals surface area contributed by atoms with Crippen LogP contribution in [0.1, 0.15) is 34.0 Å². The van der Waals surface area contributed by atoms with Crippen molar-refractivity contribution < 1.29 is 27.2 Å². The lowest BCUT2D eigenvalue weighted by atomic mass is 10.0. The van der Waals surface area contributed by atoms with E-state index in [2.05, 4.69) is 31.3 Å². The van der Waals surface area contributed by atoms with Gasteiger partial charge in [-0.25, -0.2) is 9.37 Å². The number of primary amides is 1. The Kier molecular flexibility index (Phi) is 6.40. The summed E-state index contributed by atoms with van der Waals surface area (Å²) in [6.07, 6.45) is -3.27. The third kappa shape index (κ3) is 4.65. The van der Waals surface area contributed by atoms with Crippen molar-refractivity contribution >= 4 is 55.0 Å². The van der Waals surface area contributed by atoms with Crippen molar-refractivity contribution in [1.82, 2.24) is 14.8 Å². The normalized spacial score (nSPS) is 12.7. The van der Waals surface area contributed by atoms with E-state index in [1.165, 1.54) is 23.0 Å². The number of aromatic nitrogens is 3. The number of thiophene rings is 1. The molecule has 1 atom stereocenters. The minimum Gasteiger partial charge on any atom is -0.365 e. The Morgan fingerprint density at radius 3 is 2.43 bits per heavy atom.